The van der Waals surface area contributed by atoms with E-state index in [2.05, 4.69) is 0 Å². The van der Waals surface area contributed by atoms with Gasteiger partial charge in [0, 0.05) is 23.0 Å². The minimum absolute atomic E-state index is 0.0976. The monoisotopic (exact) mass is 278 g/mol. The molecule has 0 bridgehead atoms. The molecule has 0 radical (unpaired) electrons. The molecule has 0 unspecified atom stereocenters. The second-order valence-electron chi connectivity index (χ2n) is 5.91. The molecule has 2 heteroatoms. The largest absolute Gasteiger partial charge is 0.294 e. The zero-order valence-corrected chi connectivity index (χ0v) is 12.3. The number of Topliss-reactive ketones (excluding diaryl/α,β-unsaturated/α-hetero) is 2. The maximum Gasteiger partial charge on any atom is 0.166 e. The van der Waals surface area contributed by atoms with Gasteiger partial charge < -0.3 is 0 Å². The second-order valence-corrected chi connectivity index (χ2v) is 5.91. The van der Waals surface area contributed by atoms with Crippen LogP contribution in [0.1, 0.15) is 38.3 Å². The van der Waals surface area contributed by atoms with Gasteiger partial charge in [-0.1, -0.05) is 59.7 Å². The first-order chi connectivity index (χ1) is 10.1. The van der Waals surface area contributed by atoms with Gasteiger partial charge in [-0.25, -0.2) is 0 Å². The molecule has 2 nitrogen and oxygen atoms in total. The fraction of sp³-hybridized carbons (Fsp3) is 0.263. The first-order valence-corrected chi connectivity index (χ1v) is 7.28. The van der Waals surface area contributed by atoms with Crippen molar-refractivity contribution < 1.29 is 9.59 Å². The van der Waals surface area contributed by atoms with Gasteiger partial charge in [-0.15, -0.1) is 0 Å². The molecule has 1 aliphatic carbocycles. The Bertz CT molecular complexity index is 619. The van der Waals surface area contributed by atoms with Crippen LogP contribution in [0.3, 0.4) is 0 Å². The van der Waals surface area contributed by atoms with Crippen LogP contribution in [0.4, 0.5) is 0 Å². The van der Waals surface area contributed by atoms with Crippen LogP contribution in [0, 0.1) is 25.7 Å². The first-order valence-electron chi connectivity index (χ1n) is 7.28. The quantitative estimate of drug-likeness (QED) is 0.792. The normalized spacial score (nSPS) is 20.1. The van der Waals surface area contributed by atoms with Crippen molar-refractivity contribution in [3.63, 3.8) is 0 Å². The summed E-state index contributed by atoms with van der Waals surface area (Å²) in [5, 5.41) is 0. The summed E-state index contributed by atoms with van der Waals surface area (Å²) in [7, 11) is 0. The Morgan fingerprint density at radius 2 is 1.05 bits per heavy atom. The summed E-state index contributed by atoms with van der Waals surface area (Å²) in [5.74, 6) is -0.0797. The summed E-state index contributed by atoms with van der Waals surface area (Å²) in [4.78, 5) is 24.7. The van der Waals surface area contributed by atoms with Gasteiger partial charge in [-0.2, -0.15) is 0 Å². The second kappa shape index (κ2) is 5.28. The fourth-order valence-corrected chi connectivity index (χ4v) is 2.64. The molecule has 0 amide bonds. The topological polar surface area (TPSA) is 34.1 Å². The predicted molar refractivity (Wildman–Crippen MR) is 82.6 cm³/mol. The molecule has 106 valence electrons. The van der Waals surface area contributed by atoms with Crippen LogP contribution >= 0.6 is 0 Å². The molecule has 0 saturated heterocycles. The maximum atomic E-state index is 12.4. The number of carbonyl (C=O) groups excluding carboxylic acids is 2. The van der Waals surface area contributed by atoms with Crippen molar-refractivity contribution in [2.24, 2.45) is 11.8 Å². The lowest BCUT2D eigenvalue weighted by atomic mass is 10.0. The highest BCUT2D eigenvalue weighted by molar-refractivity contribution is 6.08. The van der Waals surface area contributed by atoms with Crippen molar-refractivity contribution in [1.29, 1.82) is 0 Å². The van der Waals surface area contributed by atoms with E-state index in [1.54, 1.807) is 0 Å². The van der Waals surface area contributed by atoms with Gasteiger partial charge in [0.05, 0.1) is 0 Å². The number of rotatable bonds is 4. The zero-order chi connectivity index (χ0) is 15.0. The van der Waals surface area contributed by atoms with Crippen LogP contribution in [0.25, 0.3) is 0 Å². The highest BCUT2D eigenvalue weighted by Crippen LogP contribution is 2.43. The van der Waals surface area contributed by atoms with Gasteiger partial charge in [-0.05, 0) is 20.3 Å². The SMILES string of the molecule is Cc1ccc(C(=O)[C@H]2C[C@@H]2C(=O)c2ccc(C)cc2)cc1. The molecule has 1 saturated carbocycles. The van der Waals surface area contributed by atoms with Crippen molar-refractivity contribution in [2.45, 2.75) is 20.3 Å². The Morgan fingerprint density at radius 1 is 0.714 bits per heavy atom. The van der Waals surface area contributed by atoms with Crippen molar-refractivity contribution in [3.05, 3.63) is 70.8 Å². The Labute approximate surface area is 124 Å². The van der Waals surface area contributed by atoms with E-state index in [1.807, 2.05) is 62.4 Å². The van der Waals surface area contributed by atoms with Crippen molar-refractivity contribution in [2.75, 3.05) is 0 Å². The van der Waals surface area contributed by atoms with Crippen LogP contribution in [-0.4, -0.2) is 11.6 Å². The summed E-state index contributed by atoms with van der Waals surface area (Å²) < 4.78 is 0. The smallest absolute Gasteiger partial charge is 0.166 e. The van der Waals surface area contributed by atoms with E-state index in [9.17, 15) is 9.59 Å². The number of hydrogen-bond donors (Lipinski definition) is 0. The van der Waals surface area contributed by atoms with E-state index in [0.717, 1.165) is 11.1 Å². The molecule has 2 aromatic rings. The van der Waals surface area contributed by atoms with Gasteiger partial charge in [0.1, 0.15) is 0 Å². The Morgan fingerprint density at radius 3 is 1.38 bits per heavy atom. The molecule has 21 heavy (non-hydrogen) atoms. The lowest BCUT2D eigenvalue weighted by Crippen LogP contribution is -2.09. The molecule has 1 fully saturated rings. The summed E-state index contributed by atoms with van der Waals surface area (Å²) in [6.45, 7) is 3.99. The van der Waals surface area contributed by atoms with E-state index in [0.29, 0.717) is 17.5 Å². The molecule has 2 aromatic carbocycles. The van der Waals surface area contributed by atoms with Crippen LogP contribution in [-0.2, 0) is 0 Å². The molecule has 1 aliphatic rings. The standard InChI is InChI=1S/C19H18O2/c1-12-3-7-14(8-4-12)18(20)16-11-17(16)19(21)15-9-5-13(2)6-10-15/h3-10,16-17H,11H2,1-2H3/t16-,17-/m0/s1. The van der Waals surface area contributed by atoms with E-state index < -0.39 is 0 Å². The average Bonchev–Trinajstić information content (AvgIpc) is 3.28. The van der Waals surface area contributed by atoms with E-state index >= 15 is 0 Å². The van der Waals surface area contributed by atoms with Gasteiger partial charge >= 0.3 is 0 Å². The molecule has 2 atom stereocenters. The summed E-state index contributed by atoms with van der Waals surface area (Å²) in [6.07, 6.45) is 0.680. The van der Waals surface area contributed by atoms with Gasteiger partial charge in [0.2, 0.25) is 0 Å². The zero-order valence-electron chi connectivity index (χ0n) is 12.3. The van der Waals surface area contributed by atoms with Crippen LogP contribution in [0.5, 0.6) is 0 Å². The molecule has 0 aliphatic heterocycles. The predicted octanol–water partition coefficient (Wildman–Crippen LogP) is 4.01. The van der Waals surface area contributed by atoms with Crippen molar-refractivity contribution >= 4 is 11.6 Å². The third-order valence-corrected chi connectivity index (χ3v) is 4.14. The average molecular weight is 278 g/mol. The minimum atomic E-state index is -0.137. The lowest BCUT2D eigenvalue weighted by molar-refractivity contribution is 0.0906. The van der Waals surface area contributed by atoms with Gasteiger partial charge in [0.25, 0.3) is 0 Å². The molecular formula is C19H18O2. The Balaban J connectivity index is 1.71. The number of benzene rings is 2. The van der Waals surface area contributed by atoms with Gasteiger partial charge in [-0.3, -0.25) is 9.59 Å². The molecule has 0 N–H and O–H groups in total. The van der Waals surface area contributed by atoms with Crippen LogP contribution in [0.15, 0.2) is 48.5 Å². The molecule has 0 aromatic heterocycles. The van der Waals surface area contributed by atoms with Crippen molar-refractivity contribution in [1.82, 2.24) is 0 Å². The third-order valence-electron chi connectivity index (χ3n) is 4.14. The molecular weight excluding hydrogens is 260 g/mol. The fourth-order valence-electron chi connectivity index (χ4n) is 2.64. The minimum Gasteiger partial charge on any atom is -0.294 e. The first kappa shape index (κ1) is 13.7. The Hall–Kier alpha value is -2.22. The third kappa shape index (κ3) is 2.80. The summed E-state index contributed by atoms with van der Waals surface area (Å²) >= 11 is 0. The summed E-state index contributed by atoms with van der Waals surface area (Å²) in [5.41, 5.74) is 3.69. The van der Waals surface area contributed by atoms with E-state index in [1.165, 1.54) is 0 Å². The number of carbonyl (C=O) groups is 2. The maximum absolute atomic E-state index is 12.4. The molecule has 3 rings (SSSR count). The van der Waals surface area contributed by atoms with E-state index in [4.69, 9.17) is 0 Å². The van der Waals surface area contributed by atoms with E-state index in [-0.39, 0.29) is 23.4 Å². The molecule has 0 heterocycles. The highest BCUT2D eigenvalue weighted by atomic mass is 16.1. The highest BCUT2D eigenvalue weighted by Gasteiger charge is 2.47. The van der Waals surface area contributed by atoms with Crippen molar-refractivity contribution in [3.8, 4) is 0 Å². The lowest BCUT2D eigenvalue weighted by Gasteiger charge is -2.02. The van der Waals surface area contributed by atoms with Crippen LogP contribution < -0.4 is 0 Å². The summed E-state index contributed by atoms with van der Waals surface area (Å²) in [6, 6.07) is 15.2. The number of hydrogen-bond acceptors (Lipinski definition) is 2. The number of aryl methyl sites for hydroxylation is 2. The van der Waals surface area contributed by atoms with Crippen LogP contribution in [0.2, 0.25) is 0 Å². The number of ketones is 2. The Kier molecular flexibility index (Phi) is 3.46. The molecule has 0 spiro atoms. The van der Waals surface area contributed by atoms with Gasteiger partial charge in [0.15, 0.2) is 11.6 Å².